The number of unbranched alkanes of at least 4 members (excludes halogenated alkanes) is 2. The van der Waals surface area contributed by atoms with Crippen LogP contribution in [0.1, 0.15) is 81.1 Å². The molecule has 1 aliphatic rings. The minimum Gasteiger partial charge on any atom is -0.339 e. The van der Waals surface area contributed by atoms with Crippen LogP contribution >= 0.6 is 0 Å². The molecular weight excluding hydrogens is 432 g/mol. The van der Waals surface area contributed by atoms with E-state index in [0.29, 0.717) is 0 Å². The number of benzene rings is 1. The van der Waals surface area contributed by atoms with Crippen LogP contribution in [-0.4, -0.2) is 58.0 Å². The number of rotatable bonds is 12. The van der Waals surface area contributed by atoms with Gasteiger partial charge < -0.3 is 9.80 Å². The van der Waals surface area contributed by atoms with Gasteiger partial charge in [-0.1, -0.05) is 63.4 Å². The third-order valence-electron chi connectivity index (χ3n) is 7.23. The van der Waals surface area contributed by atoms with Crippen LogP contribution in [0.4, 0.5) is 0 Å². The first-order chi connectivity index (χ1) is 17.2. The second-order valence-corrected chi connectivity index (χ2v) is 9.94. The molecule has 3 aromatic rings. The van der Waals surface area contributed by atoms with E-state index in [1.807, 2.05) is 27.7 Å². The summed E-state index contributed by atoms with van der Waals surface area (Å²) in [6.45, 7) is 9.61. The van der Waals surface area contributed by atoms with E-state index in [1.165, 1.54) is 37.9 Å². The predicted molar refractivity (Wildman–Crippen MR) is 145 cm³/mol. The molecule has 0 bridgehead atoms. The summed E-state index contributed by atoms with van der Waals surface area (Å²) in [6.07, 6.45) is 12.4. The molecule has 0 unspecified atom stereocenters. The molecule has 1 aliphatic heterocycles. The number of carbonyl (C=O) groups excluding carboxylic acids is 1. The number of nitrogens with zero attached hydrogens (tertiary/aromatic N) is 4. The second kappa shape index (κ2) is 12.9. The van der Waals surface area contributed by atoms with E-state index in [1.54, 1.807) is 0 Å². The van der Waals surface area contributed by atoms with Gasteiger partial charge in [-0.15, -0.1) is 0 Å². The average molecular weight is 475 g/mol. The Morgan fingerprint density at radius 2 is 1.66 bits per heavy atom. The lowest BCUT2D eigenvalue weighted by atomic mass is 10.0. The number of likely N-dealkylation sites (tertiary alicyclic amines) is 1. The fraction of sp³-hybridized carbons (Fsp3) is 0.533. The molecule has 0 aliphatic carbocycles. The van der Waals surface area contributed by atoms with Crippen molar-refractivity contribution in [3.63, 3.8) is 0 Å². The third-order valence-corrected chi connectivity index (χ3v) is 7.23. The summed E-state index contributed by atoms with van der Waals surface area (Å²) in [5.41, 5.74) is 5.30. The van der Waals surface area contributed by atoms with Crippen LogP contribution in [0.5, 0.6) is 0 Å². The van der Waals surface area contributed by atoms with Crippen LogP contribution in [-0.2, 0) is 6.42 Å². The summed E-state index contributed by atoms with van der Waals surface area (Å²) in [7, 11) is 0. The van der Waals surface area contributed by atoms with Gasteiger partial charge in [0, 0.05) is 36.0 Å². The molecule has 1 aromatic carbocycles. The topological polar surface area (TPSA) is 40.9 Å². The average Bonchev–Trinajstić information content (AvgIpc) is 3.27. The van der Waals surface area contributed by atoms with Crippen LogP contribution in [0.3, 0.4) is 0 Å². The normalized spacial score (nSPS) is 14.5. The molecule has 0 atom stereocenters. The molecule has 1 amide bonds. The van der Waals surface area contributed by atoms with Crippen LogP contribution in [0.2, 0.25) is 0 Å². The number of hydrogen-bond acceptors (Lipinski definition) is 3. The Balaban J connectivity index is 1.62. The molecule has 3 heterocycles. The van der Waals surface area contributed by atoms with Crippen molar-refractivity contribution in [3.05, 3.63) is 59.8 Å². The van der Waals surface area contributed by atoms with Gasteiger partial charge >= 0.3 is 0 Å². The number of carbonyl (C=O) groups is 1. The molecule has 188 valence electrons. The van der Waals surface area contributed by atoms with Gasteiger partial charge in [0.25, 0.3) is 5.91 Å². The highest BCUT2D eigenvalue weighted by molar-refractivity contribution is 5.95. The Morgan fingerprint density at radius 3 is 2.34 bits per heavy atom. The van der Waals surface area contributed by atoms with Gasteiger partial charge in [0.15, 0.2) is 0 Å². The molecule has 5 nitrogen and oxygen atoms in total. The molecular formula is C30H42N4O. The largest absolute Gasteiger partial charge is 0.339 e. The van der Waals surface area contributed by atoms with Crippen LogP contribution in [0, 0.1) is 0 Å². The van der Waals surface area contributed by atoms with Crippen LogP contribution in [0.15, 0.2) is 48.7 Å². The molecule has 4 rings (SSSR count). The van der Waals surface area contributed by atoms with E-state index in [-0.39, 0.29) is 5.91 Å². The minimum atomic E-state index is 0.149. The number of amides is 1. The zero-order valence-electron chi connectivity index (χ0n) is 21.7. The summed E-state index contributed by atoms with van der Waals surface area (Å²) >= 11 is 0. The highest BCUT2D eigenvalue weighted by Crippen LogP contribution is 2.28. The molecule has 2 aromatic heterocycles. The van der Waals surface area contributed by atoms with Crippen molar-refractivity contribution in [3.8, 4) is 11.3 Å². The number of pyridine rings is 1. The van der Waals surface area contributed by atoms with Gasteiger partial charge in [0.2, 0.25) is 0 Å². The highest BCUT2D eigenvalue weighted by atomic mass is 16.2. The molecule has 5 heteroatoms. The number of hydrogen-bond donors (Lipinski definition) is 0. The van der Waals surface area contributed by atoms with Crippen molar-refractivity contribution in [2.75, 3.05) is 32.7 Å². The summed E-state index contributed by atoms with van der Waals surface area (Å²) in [4.78, 5) is 18.1. The van der Waals surface area contributed by atoms with Crippen molar-refractivity contribution < 1.29 is 4.79 Å². The Hall–Kier alpha value is -2.66. The van der Waals surface area contributed by atoms with Gasteiger partial charge in [0.1, 0.15) is 0 Å². The molecule has 1 fully saturated rings. The van der Waals surface area contributed by atoms with Crippen molar-refractivity contribution >= 4 is 11.4 Å². The zero-order chi connectivity index (χ0) is 24.5. The highest BCUT2D eigenvalue weighted by Gasteiger charge is 2.20. The molecule has 0 saturated carbocycles. The maximum absolute atomic E-state index is 13.5. The third kappa shape index (κ3) is 6.52. The van der Waals surface area contributed by atoms with E-state index in [2.05, 4.69) is 49.1 Å². The number of aryl methyl sites for hydroxylation is 1. The minimum absolute atomic E-state index is 0.149. The summed E-state index contributed by atoms with van der Waals surface area (Å²) in [6, 6.07) is 14.5. The Morgan fingerprint density at radius 1 is 0.943 bits per heavy atom. The first-order valence-electron chi connectivity index (χ1n) is 13.8. The van der Waals surface area contributed by atoms with Crippen molar-refractivity contribution in [1.82, 2.24) is 19.4 Å². The maximum atomic E-state index is 13.5. The smallest absolute Gasteiger partial charge is 0.253 e. The maximum Gasteiger partial charge on any atom is 0.253 e. The molecule has 1 saturated heterocycles. The van der Waals surface area contributed by atoms with Gasteiger partial charge in [-0.2, -0.15) is 5.10 Å². The first-order valence-corrected chi connectivity index (χ1v) is 13.8. The van der Waals surface area contributed by atoms with Gasteiger partial charge in [-0.05, 0) is 70.3 Å². The van der Waals surface area contributed by atoms with Gasteiger partial charge in [-0.25, -0.2) is 4.52 Å². The van der Waals surface area contributed by atoms with E-state index in [9.17, 15) is 4.79 Å². The lowest BCUT2D eigenvalue weighted by Gasteiger charge is -2.26. The summed E-state index contributed by atoms with van der Waals surface area (Å²) in [5, 5.41) is 4.97. The van der Waals surface area contributed by atoms with Gasteiger partial charge in [-0.3, -0.25) is 4.79 Å². The quantitative estimate of drug-likeness (QED) is 0.302. The van der Waals surface area contributed by atoms with E-state index in [4.69, 9.17) is 5.10 Å². The van der Waals surface area contributed by atoms with Crippen molar-refractivity contribution in [2.24, 2.45) is 0 Å². The van der Waals surface area contributed by atoms with Crippen LogP contribution < -0.4 is 0 Å². The summed E-state index contributed by atoms with van der Waals surface area (Å²) < 4.78 is 1.97. The van der Waals surface area contributed by atoms with Crippen molar-refractivity contribution in [2.45, 2.75) is 71.6 Å². The number of aromatic nitrogens is 2. The SMILES string of the molecule is CCCCN(CCCC)C(=O)c1ccn2nc(-c3ccccc3)c(CCCN3CCCCC3)c2c1. The summed E-state index contributed by atoms with van der Waals surface area (Å²) in [5.74, 6) is 0.149. The monoisotopic (exact) mass is 474 g/mol. The van der Waals surface area contributed by atoms with E-state index in [0.717, 1.165) is 80.5 Å². The molecule has 0 radical (unpaired) electrons. The second-order valence-electron chi connectivity index (χ2n) is 9.94. The number of fused-ring (bicyclic) bond motifs is 1. The fourth-order valence-corrected chi connectivity index (χ4v) is 5.16. The Bertz CT molecular complexity index is 1060. The Kier molecular flexibility index (Phi) is 9.35. The molecule has 35 heavy (non-hydrogen) atoms. The fourth-order valence-electron chi connectivity index (χ4n) is 5.16. The zero-order valence-corrected chi connectivity index (χ0v) is 21.7. The van der Waals surface area contributed by atoms with E-state index >= 15 is 0 Å². The molecule has 0 spiro atoms. The van der Waals surface area contributed by atoms with E-state index < -0.39 is 0 Å². The van der Waals surface area contributed by atoms with Gasteiger partial charge in [0.05, 0.1) is 11.2 Å². The van der Waals surface area contributed by atoms with Crippen molar-refractivity contribution in [1.29, 1.82) is 0 Å². The lowest BCUT2D eigenvalue weighted by molar-refractivity contribution is 0.0751. The lowest BCUT2D eigenvalue weighted by Crippen LogP contribution is -2.33. The Labute approximate surface area is 211 Å². The molecule has 0 N–H and O–H groups in total. The van der Waals surface area contributed by atoms with Crippen LogP contribution in [0.25, 0.3) is 16.8 Å². The predicted octanol–water partition coefficient (Wildman–Crippen LogP) is 6.46. The first kappa shape index (κ1) is 25.4. The number of piperidine rings is 1. The standard InChI is InChI=1S/C30H42N4O/c1-3-5-21-33(22-6-4-2)30(35)26-17-23-34-28(24-26)27(16-13-20-32-18-11-8-12-19-32)29(31-34)25-14-9-7-10-15-25/h7,9-10,14-15,17,23-24H,3-6,8,11-13,16,18-22H2,1-2H3.